The Bertz CT molecular complexity index is 378. The molecule has 1 atom stereocenters. The van der Waals surface area contributed by atoms with Crippen LogP contribution < -0.4 is 0 Å². The molecular weight excluding hydrogens is 222 g/mol. The van der Waals surface area contributed by atoms with Crippen molar-refractivity contribution in [2.24, 2.45) is 0 Å². The summed E-state index contributed by atoms with van der Waals surface area (Å²) in [5, 5.41) is 10.5. The fourth-order valence-electron chi connectivity index (χ4n) is 2.38. The van der Waals surface area contributed by atoms with E-state index in [2.05, 4.69) is 18.7 Å². The third-order valence-corrected chi connectivity index (χ3v) is 3.71. The van der Waals surface area contributed by atoms with Gasteiger partial charge in [-0.3, -0.25) is 4.90 Å². The van der Waals surface area contributed by atoms with Gasteiger partial charge in [0.1, 0.15) is 0 Å². The van der Waals surface area contributed by atoms with Crippen molar-refractivity contribution >= 4 is 11.6 Å². The number of rotatable bonds is 2. The molecule has 1 aromatic carbocycles. The van der Waals surface area contributed by atoms with E-state index in [-0.39, 0.29) is 11.6 Å². The van der Waals surface area contributed by atoms with E-state index in [0.717, 1.165) is 30.1 Å². The molecule has 0 spiro atoms. The average Bonchev–Trinajstić information content (AvgIpc) is 2.43. The highest BCUT2D eigenvalue weighted by molar-refractivity contribution is 6.31. The Morgan fingerprint density at radius 3 is 2.69 bits per heavy atom. The Balaban J connectivity index is 2.14. The number of likely N-dealkylation sites (tertiary alicyclic amines) is 1. The Kier molecular flexibility index (Phi) is 3.24. The van der Waals surface area contributed by atoms with Crippen LogP contribution >= 0.6 is 11.6 Å². The molecule has 0 aliphatic carbocycles. The smallest absolute Gasteiger partial charge is 0.0684 e. The van der Waals surface area contributed by atoms with Gasteiger partial charge in [0.25, 0.3) is 0 Å². The van der Waals surface area contributed by atoms with Crippen molar-refractivity contribution in [3.63, 3.8) is 0 Å². The third-order valence-electron chi connectivity index (χ3n) is 3.34. The zero-order valence-corrected chi connectivity index (χ0v) is 10.5. The molecule has 1 N–H and O–H groups in total. The van der Waals surface area contributed by atoms with E-state index in [1.54, 1.807) is 0 Å². The van der Waals surface area contributed by atoms with E-state index in [9.17, 15) is 5.11 Å². The van der Waals surface area contributed by atoms with Gasteiger partial charge in [0.2, 0.25) is 0 Å². The molecule has 1 aliphatic heterocycles. The number of hydrogen-bond donors (Lipinski definition) is 1. The Labute approximate surface area is 102 Å². The zero-order valence-electron chi connectivity index (χ0n) is 9.78. The number of benzene rings is 1. The molecule has 1 unspecified atom stereocenters. The minimum Gasteiger partial charge on any atom is -0.392 e. The fraction of sp³-hybridized carbons (Fsp3) is 0.538. The maximum absolute atomic E-state index is 9.71. The lowest BCUT2D eigenvalue weighted by atomic mass is 10.0. The first kappa shape index (κ1) is 11.9. The van der Waals surface area contributed by atoms with Crippen molar-refractivity contribution in [1.82, 2.24) is 4.90 Å². The second-order valence-electron chi connectivity index (χ2n) is 5.14. The third kappa shape index (κ3) is 2.40. The molecule has 16 heavy (non-hydrogen) atoms. The van der Waals surface area contributed by atoms with Crippen LogP contribution in [0.5, 0.6) is 0 Å². The van der Waals surface area contributed by atoms with Gasteiger partial charge in [0, 0.05) is 23.7 Å². The zero-order chi connectivity index (χ0) is 11.8. The molecule has 2 nitrogen and oxygen atoms in total. The molecule has 1 fully saturated rings. The van der Waals surface area contributed by atoms with E-state index in [1.807, 2.05) is 24.3 Å². The van der Waals surface area contributed by atoms with Crippen molar-refractivity contribution in [3.05, 3.63) is 34.9 Å². The number of halogens is 1. The minimum atomic E-state index is -0.211. The first-order valence-corrected chi connectivity index (χ1v) is 6.03. The van der Waals surface area contributed by atoms with Crippen LogP contribution in [0.3, 0.4) is 0 Å². The number of nitrogens with zero attached hydrogens (tertiary/aromatic N) is 1. The Morgan fingerprint density at radius 1 is 1.44 bits per heavy atom. The predicted molar refractivity (Wildman–Crippen MR) is 66.6 cm³/mol. The topological polar surface area (TPSA) is 23.5 Å². The van der Waals surface area contributed by atoms with Crippen LogP contribution in [-0.2, 0) is 6.54 Å². The van der Waals surface area contributed by atoms with E-state index in [0.29, 0.717) is 0 Å². The first-order valence-electron chi connectivity index (χ1n) is 5.65. The van der Waals surface area contributed by atoms with Gasteiger partial charge >= 0.3 is 0 Å². The van der Waals surface area contributed by atoms with Gasteiger partial charge in [-0.05, 0) is 31.9 Å². The lowest BCUT2D eigenvalue weighted by Crippen LogP contribution is -2.37. The quantitative estimate of drug-likeness (QED) is 0.858. The van der Waals surface area contributed by atoms with Crippen molar-refractivity contribution in [1.29, 1.82) is 0 Å². The largest absolute Gasteiger partial charge is 0.392 e. The van der Waals surface area contributed by atoms with Crippen LogP contribution in [0.25, 0.3) is 0 Å². The summed E-state index contributed by atoms with van der Waals surface area (Å²) >= 11 is 6.14. The lowest BCUT2D eigenvalue weighted by Gasteiger charge is -2.31. The average molecular weight is 240 g/mol. The summed E-state index contributed by atoms with van der Waals surface area (Å²) in [7, 11) is 0. The van der Waals surface area contributed by atoms with Crippen LogP contribution in [0.2, 0.25) is 5.02 Å². The molecule has 1 aromatic rings. The van der Waals surface area contributed by atoms with Crippen molar-refractivity contribution < 1.29 is 5.11 Å². The fourth-order valence-corrected chi connectivity index (χ4v) is 2.58. The second kappa shape index (κ2) is 4.36. The van der Waals surface area contributed by atoms with Gasteiger partial charge in [-0.1, -0.05) is 29.8 Å². The molecule has 1 aliphatic rings. The highest BCUT2D eigenvalue weighted by Crippen LogP contribution is 2.31. The molecule has 0 aromatic heterocycles. The number of aliphatic hydroxyl groups is 1. The van der Waals surface area contributed by atoms with Crippen LogP contribution in [-0.4, -0.2) is 28.2 Å². The standard InChI is InChI=1S/C13H18ClNO/c1-13(2)7-11(16)9-15(13)8-10-5-3-4-6-12(10)14/h3-6,11,16H,7-9H2,1-2H3. The van der Waals surface area contributed by atoms with Crippen LogP contribution in [0.15, 0.2) is 24.3 Å². The van der Waals surface area contributed by atoms with Crippen molar-refractivity contribution in [2.75, 3.05) is 6.54 Å². The van der Waals surface area contributed by atoms with Gasteiger partial charge < -0.3 is 5.11 Å². The molecule has 88 valence electrons. The number of aliphatic hydroxyl groups excluding tert-OH is 1. The molecule has 3 heteroatoms. The van der Waals surface area contributed by atoms with Crippen molar-refractivity contribution in [2.45, 2.75) is 38.5 Å². The molecule has 0 saturated carbocycles. The summed E-state index contributed by atoms with van der Waals surface area (Å²) in [6.07, 6.45) is 0.620. The van der Waals surface area contributed by atoms with E-state index < -0.39 is 0 Å². The van der Waals surface area contributed by atoms with Crippen LogP contribution in [0.4, 0.5) is 0 Å². The van der Waals surface area contributed by atoms with Crippen LogP contribution in [0, 0.1) is 0 Å². The molecular formula is C13H18ClNO. The lowest BCUT2D eigenvalue weighted by molar-refractivity contribution is 0.156. The minimum absolute atomic E-state index is 0.0542. The second-order valence-corrected chi connectivity index (χ2v) is 5.55. The van der Waals surface area contributed by atoms with E-state index >= 15 is 0 Å². The maximum atomic E-state index is 9.71. The Hall–Kier alpha value is -0.570. The van der Waals surface area contributed by atoms with Gasteiger partial charge in [0.05, 0.1) is 6.10 Å². The summed E-state index contributed by atoms with van der Waals surface area (Å²) in [6, 6.07) is 7.90. The predicted octanol–water partition coefficient (Wildman–Crippen LogP) is 2.69. The highest BCUT2D eigenvalue weighted by Gasteiger charge is 2.37. The maximum Gasteiger partial charge on any atom is 0.0684 e. The molecule has 1 saturated heterocycles. The van der Waals surface area contributed by atoms with Crippen LogP contribution in [0.1, 0.15) is 25.8 Å². The highest BCUT2D eigenvalue weighted by atomic mass is 35.5. The van der Waals surface area contributed by atoms with Gasteiger partial charge in [-0.15, -0.1) is 0 Å². The Morgan fingerprint density at radius 2 is 2.12 bits per heavy atom. The molecule has 1 heterocycles. The summed E-state index contributed by atoms with van der Waals surface area (Å²) < 4.78 is 0. The number of β-amino-alcohol motifs (C(OH)–C–C–N with tert-alkyl or cyclic N) is 1. The van der Waals surface area contributed by atoms with Crippen molar-refractivity contribution in [3.8, 4) is 0 Å². The summed E-state index contributed by atoms with van der Waals surface area (Å²) in [6.45, 7) is 5.88. The van der Waals surface area contributed by atoms with Gasteiger partial charge in [-0.2, -0.15) is 0 Å². The number of hydrogen-bond acceptors (Lipinski definition) is 2. The molecule has 2 rings (SSSR count). The SMILES string of the molecule is CC1(C)CC(O)CN1Cc1ccccc1Cl. The van der Waals surface area contributed by atoms with Gasteiger partial charge in [-0.25, -0.2) is 0 Å². The van der Waals surface area contributed by atoms with E-state index in [4.69, 9.17) is 11.6 Å². The van der Waals surface area contributed by atoms with Gasteiger partial charge in [0.15, 0.2) is 0 Å². The first-order chi connectivity index (χ1) is 7.49. The monoisotopic (exact) mass is 239 g/mol. The normalized spacial score (nSPS) is 24.9. The summed E-state index contributed by atoms with van der Waals surface area (Å²) in [5.74, 6) is 0. The molecule has 0 radical (unpaired) electrons. The molecule has 0 bridgehead atoms. The molecule has 0 amide bonds. The summed E-state index contributed by atoms with van der Waals surface area (Å²) in [4.78, 5) is 2.29. The summed E-state index contributed by atoms with van der Waals surface area (Å²) in [5.41, 5.74) is 1.19. The van der Waals surface area contributed by atoms with E-state index in [1.165, 1.54) is 0 Å².